The third-order valence-electron chi connectivity index (χ3n) is 2.28. The van der Waals surface area contributed by atoms with E-state index in [4.69, 9.17) is 0 Å². The number of carbonyl (C=O) groups is 2. The molecule has 1 aromatic carbocycles. The summed E-state index contributed by atoms with van der Waals surface area (Å²) in [4.78, 5) is 20.1. The number of benzene rings is 1. The molecule has 3 heteroatoms. The van der Waals surface area contributed by atoms with Crippen LogP contribution in [-0.2, 0) is 9.59 Å². The van der Waals surface area contributed by atoms with E-state index in [1.807, 2.05) is 11.4 Å². The SMILES string of the molecule is C=Cc1ccc(C)cc1C.O=C1C=CC(=O)N1. The largest absolute Gasteiger partial charge is 0.289 e. The average molecular weight is 229 g/mol. The third kappa shape index (κ3) is 4.07. The number of hydrogen-bond donors (Lipinski definition) is 1. The van der Waals surface area contributed by atoms with Crippen LogP contribution in [0.4, 0.5) is 0 Å². The van der Waals surface area contributed by atoms with E-state index in [1.165, 1.54) is 28.8 Å². The Morgan fingerprint density at radius 2 is 1.71 bits per heavy atom. The molecule has 0 saturated carbocycles. The molecule has 1 aliphatic heterocycles. The first-order valence-electron chi connectivity index (χ1n) is 5.25. The highest BCUT2D eigenvalue weighted by Crippen LogP contribution is 2.10. The molecular weight excluding hydrogens is 214 g/mol. The third-order valence-corrected chi connectivity index (χ3v) is 2.28. The molecule has 1 heterocycles. The van der Waals surface area contributed by atoms with Crippen molar-refractivity contribution in [2.75, 3.05) is 0 Å². The van der Waals surface area contributed by atoms with Crippen molar-refractivity contribution in [1.29, 1.82) is 0 Å². The Kier molecular flexibility index (Phi) is 4.40. The van der Waals surface area contributed by atoms with Gasteiger partial charge in [0.25, 0.3) is 11.8 Å². The monoisotopic (exact) mass is 229 g/mol. The van der Waals surface area contributed by atoms with Gasteiger partial charge in [0.2, 0.25) is 0 Å². The lowest BCUT2D eigenvalue weighted by molar-refractivity contribution is -0.123. The first kappa shape index (κ1) is 12.9. The van der Waals surface area contributed by atoms with Crippen LogP contribution >= 0.6 is 0 Å². The minimum atomic E-state index is -0.329. The Labute approximate surface area is 101 Å². The molecule has 0 spiro atoms. The van der Waals surface area contributed by atoms with Crippen molar-refractivity contribution in [3.63, 3.8) is 0 Å². The standard InChI is InChI=1S/C10H12.C4H3NO2/c1-4-10-6-5-8(2)7-9(10)3;6-3-1-2-4(7)5-3/h4-7H,1H2,2-3H3;1-2H,(H,5,6,7). The summed E-state index contributed by atoms with van der Waals surface area (Å²) in [6.07, 6.45) is 4.28. The summed E-state index contributed by atoms with van der Waals surface area (Å²) in [6, 6.07) is 6.36. The predicted octanol–water partition coefficient (Wildman–Crippen LogP) is 2.15. The fourth-order valence-corrected chi connectivity index (χ4v) is 1.41. The topological polar surface area (TPSA) is 46.2 Å². The Morgan fingerprint density at radius 1 is 1.12 bits per heavy atom. The maximum atomic E-state index is 10.0. The molecule has 1 aromatic rings. The molecule has 17 heavy (non-hydrogen) atoms. The molecule has 0 aromatic heterocycles. The lowest BCUT2D eigenvalue weighted by Gasteiger charge is -1.99. The molecule has 1 N–H and O–H groups in total. The van der Waals surface area contributed by atoms with Crippen LogP contribution < -0.4 is 5.32 Å². The first-order chi connectivity index (χ1) is 8.02. The summed E-state index contributed by atoms with van der Waals surface area (Å²) in [5.74, 6) is -0.657. The van der Waals surface area contributed by atoms with E-state index in [-0.39, 0.29) is 11.8 Å². The lowest BCUT2D eigenvalue weighted by atomic mass is 10.1. The molecule has 3 nitrogen and oxygen atoms in total. The van der Waals surface area contributed by atoms with Gasteiger partial charge >= 0.3 is 0 Å². The van der Waals surface area contributed by atoms with Crippen molar-refractivity contribution in [2.24, 2.45) is 0 Å². The van der Waals surface area contributed by atoms with Crippen LogP contribution in [0.5, 0.6) is 0 Å². The van der Waals surface area contributed by atoms with Gasteiger partial charge in [0.05, 0.1) is 0 Å². The van der Waals surface area contributed by atoms with Crippen molar-refractivity contribution in [3.8, 4) is 0 Å². The quantitative estimate of drug-likeness (QED) is 0.750. The van der Waals surface area contributed by atoms with Gasteiger partial charge in [-0.1, -0.05) is 36.4 Å². The highest BCUT2D eigenvalue weighted by atomic mass is 16.2. The Hall–Kier alpha value is -2.16. The van der Waals surface area contributed by atoms with Gasteiger partial charge in [-0.3, -0.25) is 14.9 Å². The summed E-state index contributed by atoms with van der Waals surface area (Å²) in [7, 11) is 0. The van der Waals surface area contributed by atoms with Crippen molar-refractivity contribution >= 4 is 17.9 Å². The molecule has 88 valence electrons. The number of amides is 2. The number of rotatable bonds is 1. The van der Waals surface area contributed by atoms with Crippen molar-refractivity contribution in [2.45, 2.75) is 13.8 Å². The van der Waals surface area contributed by atoms with Crippen molar-refractivity contribution < 1.29 is 9.59 Å². The van der Waals surface area contributed by atoms with E-state index in [1.54, 1.807) is 0 Å². The minimum Gasteiger partial charge on any atom is -0.289 e. The molecule has 1 aliphatic rings. The second kappa shape index (κ2) is 5.80. The summed E-state index contributed by atoms with van der Waals surface area (Å²) < 4.78 is 0. The molecule has 0 bridgehead atoms. The highest BCUT2D eigenvalue weighted by molar-refractivity contribution is 6.12. The second-order valence-corrected chi connectivity index (χ2v) is 3.75. The molecule has 2 amide bonds. The van der Waals surface area contributed by atoms with E-state index in [0.717, 1.165) is 0 Å². The van der Waals surface area contributed by atoms with Crippen molar-refractivity contribution in [1.82, 2.24) is 5.32 Å². The summed E-state index contributed by atoms with van der Waals surface area (Å²) in [6.45, 7) is 7.92. The van der Waals surface area contributed by atoms with Crippen LogP contribution in [0.15, 0.2) is 36.9 Å². The predicted molar refractivity (Wildman–Crippen MR) is 68.3 cm³/mol. The molecule has 2 rings (SSSR count). The minimum absolute atomic E-state index is 0.329. The van der Waals surface area contributed by atoms with E-state index < -0.39 is 0 Å². The smallest absolute Gasteiger partial charge is 0.250 e. The maximum absolute atomic E-state index is 10.0. The Bertz CT molecular complexity index is 471. The number of aryl methyl sites for hydroxylation is 2. The molecule has 0 fully saturated rings. The van der Waals surface area contributed by atoms with Gasteiger partial charge in [-0.2, -0.15) is 0 Å². The average Bonchev–Trinajstić information content (AvgIpc) is 2.63. The van der Waals surface area contributed by atoms with Crippen LogP contribution in [0.1, 0.15) is 16.7 Å². The van der Waals surface area contributed by atoms with Gasteiger partial charge < -0.3 is 0 Å². The molecule has 0 radical (unpaired) electrons. The first-order valence-corrected chi connectivity index (χ1v) is 5.25. The van der Waals surface area contributed by atoms with E-state index in [2.05, 4.69) is 38.6 Å². The van der Waals surface area contributed by atoms with E-state index in [9.17, 15) is 9.59 Å². The van der Waals surface area contributed by atoms with Crippen LogP contribution in [-0.4, -0.2) is 11.8 Å². The van der Waals surface area contributed by atoms with Gasteiger partial charge in [-0.25, -0.2) is 0 Å². The summed E-state index contributed by atoms with van der Waals surface area (Å²) in [5, 5.41) is 2.03. The van der Waals surface area contributed by atoms with E-state index >= 15 is 0 Å². The zero-order valence-electron chi connectivity index (χ0n) is 9.99. The molecular formula is C14H15NO2. The van der Waals surface area contributed by atoms with Gasteiger partial charge in [-0.05, 0) is 25.0 Å². The van der Waals surface area contributed by atoms with Gasteiger partial charge in [0.15, 0.2) is 0 Å². The normalized spacial score (nSPS) is 12.8. The van der Waals surface area contributed by atoms with Crippen LogP contribution in [0.2, 0.25) is 0 Å². The molecule has 0 saturated heterocycles. The van der Waals surface area contributed by atoms with Crippen LogP contribution in [0.3, 0.4) is 0 Å². The highest BCUT2D eigenvalue weighted by Gasteiger charge is 2.06. The summed E-state index contributed by atoms with van der Waals surface area (Å²) in [5.41, 5.74) is 3.84. The summed E-state index contributed by atoms with van der Waals surface area (Å²) >= 11 is 0. The van der Waals surface area contributed by atoms with E-state index in [0.29, 0.717) is 0 Å². The van der Waals surface area contributed by atoms with Crippen molar-refractivity contribution in [3.05, 3.63) is 53.6 Å². The fourth-order valence-electron chi connectivity index (χ4n) is 1.41. The van der Waals surface area contributed by atoms with Gasteiger partial charge in [0.1, 0.15) is 0 Å². The van der Waals surface area contributed by atoms with Crippen LogP contribution in [0, 0.1) is 13.8 Å². The second-order valence-electron chi connectivity index (χ2n) is 3.75. The Morgan fingerprint density at radius 3 is 2.06 bits per heavy atom. The molecule has 0 aliphatic carbocycles. The fraction of sp³-hybridized carbons (Fsp3) is 0.143. The lowest BCUT2D eigenvalue weighted by Crippen LogP contribution is -2.19. The maximum Gasteiger partial charge on any atom is 0.250 e. The number of nitrogens with one attached hydrogen (secondary N) is 1. The number of carbonyl (C=O) groups excluding carboxylic acids is 2. The number of imide groups is 1. The Balaban J connectivity index is 0.000000181. The zero-order valence-corrected chi connectivity index (χ0v) is 9.99. The molecule has 0 atom stereocenters. The zero-order chi connectivity index (χ0) is 12.8. The van der Waals surface area contributed by atoms with Gasteiger partial charge in [-0.15, -0.1) is 0 Å². The van der Waals surface area contributed by atoms with Gasteiger partial charge in [0, 0.05) is 12.2 Å². The number of hydrogen-bond acceptors (Lipinski definition) is 2. The molecule has 0 unspecified atom stereocenters. The van der Waals surface area contributed by atoms with Crippen LogP contribution in [0.25, 0.3) is 6.08 Å².